The van der Waals surface area contributed by atoms with Crippen LogP contribution in [0.4, 0.5) is 0 Å². The third kappa shape index (κ3) is 15.3. The van der Waals surface area contributed by atoms with Gasteiger partial charge in [0, 0.05) is 49.6 Å². The number of amides is 8. The van der Waals surface area contributed by atoms with E-state index in [4.69, 9.17) is 23.1 Å². The fourth-order valence-corrected chi connectivity index (χ4v) is 8.04. The van der Waals surface area contributed by atoms with Gasteiger partial charge in [0.15, 0.2) is 0 Å². The van der Waals surface area contributed by atoms with E-state index >= 15 is 0 Å². The maximum Gasteiger partial charge on any atom is 0.245 e. The van der Waals surface area contributed by atoms with Crippen molar-refractivity contribution in [3.8, 4) is 0 Å². The molecule has 0 radical (unpaired) electrons. The van der Waals surface area contributed by atoms with Crippen LogP contribution in [0.3, 0.4) is 0 Å². The molecule has 0 aliphatic carbocycles. The average Bonchev–Trinajstić information content (AvgIpc) is 3.81. The van der Waals surface area contributed by atoms with Crippen molar-refractivity contribution in [2.24, 2.45) is 11.5 Å². The quantitative estimate of drug-likeness (QED) is 0.0496. The third-order valence-corrected chi connectivity index (χ3v) is 11.9. The van der Waals surface area contributed by atoms with Crippen molar-refractivity contribution in [3.63, 3.8) is 0 Å². The highest BCUT2D eigenvalue weighted by atomic mass is 35.5. The summed E-state index contributed by atoms with van der Waals surface area (Å²) in [5.41, 5.74) is 12.9. The molecule has 18 nitrogen and oxygen atoms in total. The first-order valence-electron chi connectivity index (χ1n) is 22.7. The van der Waals surface area contributed by atoms with Gasteiger partial charge in [-0.2, -0.15) is 0 Å². The zero-order valence-corrected chi connectivity index (χ0v) is 39.2. The molecule has 4 aromatic rings. The molecule has 2 heterocycles. The fourth-order valence-electron chi connectivity index (χ4n) is 7.91. The van der Waals surface area contributed by atoms with Gasteiger partial charge in [0.05, 0.1) is 0 Å². The molecule has 0 unspecified atom stereocenters. The van der Waals surface area contributed by atoms with Crippen LogP contribution in [0.1, 0.15) is 69.7 Å². The minimum Gasteiger partial charge on any atom is -0.368 e. The Balaban J connectivity index is 1.34. The van der Waals surface area contributed by atoms with E-state index in [1.807, 2.05) is 42.5 Å². The van der Waals surface area contributed by atoms with E-state index in [1.165, 1.54) is 31.9 Å². The lowest BCUT2D eigenvalue weighted by atomic mass is 9.99. The number of carbonyl (C=O) groups excluding carboxylic acids is 8. The number of rotatable bonds is 23. The van der Waals surface area contributed by atoms with Crippen LogP contribution in [-0.2, 0) is 57.6 Å². The van der Waals surface area contributed by atoms with Crippen molar-refractivity contribution < 1.29 is 38.4 Å². The number of pyridine rings is 1. The Kier molecular flexibility index (Phi) is 19.4. The van der Waals surface area contributed by atoms with Crippen LogP contribution in [-0.4, -0.2) is 113 Å². The van der Waals surface area contributed by atoms with Crippen molar-refractivity contribution in [2.75, 3.05) is 13.1 Å². The molecule has 3 aromatic carbocycles. The van der Waals surface area contributed by atoms with Crippen LogP contribution >= 0.6 is 11.6 Å². The molecule has 8 amide bonds. The van der Waals surface area contributed by atoms with Crippen LogP contribution in [0.5, 0.6) is 0 Å². The number of nitrogens with zero attached hydrogens (tertiary/aromatic N) is 2. The summed E-state index contributed by atoms with van der Waals surface area (Å²) in [6, 6.07) is 17.3. The molecule has 1 aliphatic rings. The lowest BCUT2D eigenvalue weighted by Gasteiger charge is -2.30. The molecule has 5 rings (SSSR count). The summed E-state index contributed by atoms with van der Waals surface area (Å²) >= 11 is 6.17. The van der Waals surface area contributed by atoms with Crippen LogP contribution in [0.25, 0.3) is 10.8 Å². The number of primary amides is 1. The number of fused-ring (bicyclic) bond motifs is 1. The largest absolute Gasteiger partial charge is 0.368 e. The van der Waals surface area contributed by atoms with Gasteiger partial charge >= 0.3 is 0 Å². The summed E-state index contributed by atoms with van der Waals surface area (Å²) in [6.45, 7) is 4.74. The van der Waals surface area contributed by atoms with Gasteiger partial charge in [-0.05, 0) is 98.7 Å². The zero-order chi connectivity index (χ0) is 49.3. The van der Waals surface area contributed by atoms with Crippen molar-refractivity contribution in [2.45, 2.75) is 114 Å². The van der Waals surface area contributed by atoms with E-state index in [0.29, 0.717) is 48.5 Å². The van der Waals surface area contributed by atoms with E-state index in [0.717, 1.165) is 16.3 Å². The summed E-state index contributed by atoms with van der Waals surface area (Å²) in [5.74, 6) is -5.10. The van der Waals surface area contributed by atoms with Gasteiger partial charge in [-0.25, -0.2) is 0 Å². The number of benzene rings is 3. The first-order chi connectivity index (χ1) is 32.5. The minimum absolute atomic E-state index is 0.0302. The molecule has 19 heteroatoms. The van der Waals surface area contributed by atoms with E-state index in [-0.39, 0.29) is 32.2 Å². The molecule has 1 saturated heterocycles. The van der Waals surface area contributed by atoms with Gasteiger partial charge in [-0.15, -0.1) is 0 Å². The number of hydrogen-bond donors (Lipinski definition) is 8. The Morgan fingerprint density at radius 3 is 1.93 bits per heavy atom. The lowest BCUT2D eigenvalue weighted by Crippen LogP contribution is -2.60. The normalized spacial score (nSPS) is 16.0. The predicted octanol–water partition coefficient (Wildman–Crippen LogP) is 1.49. The maximum atomic E-state index is 14.4. The smallest absolute Gasteiger partial charge is 0.245 e. The number of nitrogens with two attached hydrogens (primary N) is 2. The van der Waals surface area contributed by atoms with E-state index in [2.05, 4.69) is 36.9 Å². The van der Waals surface area contributed by atoms with Crippen LogP contribution < -0.4 is 43.4 Å². The van der Waals surface area contributed by atoms with Crippen molar-refractivity contribution >= 4 is 69.6 Å². The fraction of sp³-hybridized carbons (Fsp3) is 0.408. The van der Waals surface area contributed by atoms with Crippen molar-refractivity contribution in [1.82, 2.24) is 41.8 Å². The Morgan fingerprint density at radius 2 is 1.28 bits per heavy atom. The highest BCUT2D eigenvalue weighted by Gasteiger charge is 2.39. The molecule has 68 heavy (non-hydrogen) atoms. The zero-order valence-electron chi connectivity index (χ0n) is 38.5. The van der Waals surface area contributed by atoms with Gasteiger partial charge in [0.2, 0.25) is 47.3 Å². The number of unbranched alkanes of at least 4 members (excludes halogenated alkanes) is 1. The molecular weight excluding hydrogens is 892 g/mol. The van der Waals surface area contributed by atoms with Crippen LogP contribution in [0, 0.1) is 0 Å². The van der Waals surface area contributed by atoms with Crippen molar-refractivity contribution in [3.05, 3.63) is 113 Å². The molecule has 362 valence electrons. The summed E-state index contributed by atoms with van der Waals surface area (Å²) in [4.78, 5) is 114. The molecule has 1 aromatic heterocycles. The van der Waals surface area contributed by atoms with E-state index < -0.39 is 89.6 Å². The van der Waals surface area contributed by atoms with Gasteiger partial charge in [0.1, 0.15) is 42.3 Å². The van der Waals surface area contributed by atoms with Gasteiger partial charge in [-0.1, -0.05) is 72.3 Å². The number of nitrogens with one attached hydrogen (secondary N) is 6. The van der Waals surface area contributed by atoms with Gasteiger partial charge < -0.3 is 48.3 Å². The minimum atomic E-state index is -1.32. The Morgan fingerprint density at radius 1 is 0.676 bits per heavy atom. The molecule has 0 spiro atoms. The molecule has 1 aliphatic heterocycles. The second-order valence-electron chi connectivity index (χ2n) is 17.0. The third-order valence-electron chi connectivity index (χ3n) is 11.6. The topological polar surface area (TPSA) is 277 Å². The molecule has 0 bridgehead atoms. The number of likely N-dealkylation sites (tertiary alicyclic amines) is 1. The van der Waals surface area contributed by atoms with Crippen molar-refractivity contribution in [1.29, 1.82) is 0 Å². The SMILES string of the molecule is CC(=O)N[C@@H](Cc1ccc2ccccc2c1)C(=O)N[C@H](Cc1ccc(Cl)cc1)C(=O)N[C@H](Cc1ccccn1)C(=O)N[C@@H](C)C(=O)N[C@H](CCCCN)C(=O)N1CCC[C@@H]1C(=O)N[C@@H](C)C(N)=O. The Hall–Kier alpha value is -6.92. The molecule has 7 atom stereocenters. The summed E-state index contributed by atoms with van der Waals surface area (Å²) < 4.78 is 0. The number of hydrogen-bond acceptors (Lipinski definition) is 10. The van der Waals surface area contributed by atoms with Crippen LogP contribution in [0.15, 0.2) is 91.1 Å². The summed E-state index contributed by atoms with van der Waals surface area (Å²) in [6.07, 6.45) is 3.56. The number of aromatic nitrogens is 1. The predicted molar refractivity (Wildman–Crippen MR) is 256 cm³/mol. The molecule has 0 saturated carbocycles. The Labute approximate surface area is 400 Å². The summed E-state index contributed by atoms with van der Waals surface area (Å²) in [5, 5.41) is 18.7. The highest BCUT2D eigenvalue weighted by molar-refractivity contribution is 6.30. The molecule has 10 N–H and O–H groups in total. The second kappa shape index (κ2) is 25.3. The summed E-state index contributed by atoms with van der Waals surface area (Å²) in [7, 11) is 0. The van der Waals surface area contributed by atoms with E-state index in [9.17, 15) is 38.4 Å². The highest BCUT2D eigenvalue weighted by Crippen LogP contribution is 2.21. The lowest BCUT2D eigenvalue weighted by molar-refractivity contribution is -0.142. The first kappa shape index (κ1) is 52.1. The standard InChI is InChI=1S/C49H61ClN10O8/c1-29(43(52)62)54-48(67)42-15-10-24-60(42)49(68)38(14-6-8-22-51)57-44(63)30(2)55-45(64)41(28-37-13-7-9-23-53-37)59-47(66)40(26-32-17-20-36(50)21-18-32)58-46(65)39(56-31(3)61)27-33-16-19-34-11-4-5-12-35(34)25-33/h4-5,7,9,11-13,16-21,23,25,29-30,38-42H,6,8,10,14-15,22,24,26-28,51H2,1-3H3,(H2,52,62)(H,54,67)(H,55,64)(H,56,61)(H,57,63)(H,58,65)(H,59,66)/t29-,30-,38+,39-,40+,41+,42+/m0/s1. The average molecular weight is 954 g/mol. The Bertz CT molecular complexity index is 2420. The number of carbonyl (C=O) groups is 8. The van der Waals surface area contributed by atoms with Gasteiger partial charge in [-0.3, -0.25) is 43.3 Å². The molecular formula is C49H61ClN10O8. The second-order valence-corrected chi connectivity index (χ2v) is 17.5. The van der Waals surface area contributed by atoms with Gasteiger partial charge in [0.25, 0.3) is 0 Å². The van der Waals surface area contributed by atoms with Crippen LogP contribution in [0.2, 0.25) is 5.02 Å². The molecule has 1 fully saturated rings. The van der Waals surface area contributed by atoms with E-state index in [1.54, 1.807) is 42.5 Å². The first-order valence-corrected chi connectivity index (χ1v) is 23.1. The number of halogens is 1. The maximum absolute atomic E-state index is 14.4. The monoisotopic (exact) mass is 952 g/mol.